The second-order valence-electron chi connectivity index (χ2n) is 20.3. The van der Waals surface area contributed by atoms with Crippen molar-refractivity contribution in [2.24, 2.45) is 0 Å². The lowest BCUT2D eigenvalue weighted by Gasteiger charge is -2.33. The van der Waals surface area contributed by atoms with E-state index in [0.29, 0.717) is 6.17 Å². The predicted octanol–water partition coefficient (Wildman–Crippen LogP) is 21.0. The Labute approximate surface area is 381 Å². The van der Waals surface area contributed by atoms with Crippen molar-refractivity contribution < 1.29 is 0 Å². The Hall–Kier alpha value is -0.660. The average molecular weight is 842 g/mol. The summed E-state index contributed by atoms with van der Waals surface area (Å²) in [6, 6.07) is 0. The molecule has 1 aliphatic heterocycles. The Morgan fingerprint density at radius 2 is 0.383 bits per heavy atom. The van der Waals surface area contributed by atoms with E-state index in [0.717, 1.165) is 0 Å². The Balaban J connectivity index is 2.18. The molecule has 0 aliphatic carbocycles. The first kappa shape index (κ1) is 57.4. The second kappa shape index (κ2) is 49.4. The number of rotatable bonds is 52. The topological polar surface area (TPSA) is 6.48 Å². The van der Waals surface area contributed by atoms with Gasteiger partial charge in [0.2, 0.25) is 0 Å². The van der Waals surface area contributed by atoms with E-state index in [1.54, 1.807) is 0 Å². The third-order valence-electron chi connectivity index (χ3n) is 14.3. The average Bonchev–Trinajstić information content (AvgIpc) is 3.64. The van der Waals surface area contributed by atoms with Crippen LogP contribution < -0.4 is 0 Å². The third kappa shape index (κ3) is 40.1. The van der Waals surface area contributed by atoms with E-state index in [9.17, 15) is 0 Å². The Kier molecular flexibility index (Phi) is 47.2. The molecule has 0 aromatic carbocycles. The zero-order valence-electron chi connectivity index (χ0n) is 42.4. The molecule has 0 aromatic heterocycles. The molecule has 1 heterocycles. The molecule has 1 atom stereocenters. The minimum atomic E-state index is 0.633. The van der Waals surface area contributed by atoms with Gasteiger partial charge in [-0.05, 0) is 25.7 Å². The van der Waals surface area contributed by atoms with Crippen molar-refractivity contribution >= 4 is 0 Å². The molecule has 1 rings (SSSR count). The monoisotopic (exact) mass is 841 g/mol. The van der Waals surface area contributed by atoms with E-state index < -0.39 is 0 Å². The lowest BCUT2D eigenvalue weighted by Crippen LogP contribution is -2.39. The highest BCUT2D eigenvalue weighted by molar-refractivity contribution is 4.97. The summed E-state index contributed by atoms with van der Waals surface area (Å²) in [6.07, 6.45) is 78.3. The maximum atomic E-state index is 2.75. The van der Waals surface area contributed by atoms with Crippen molar-refractivity contribution in [2.45, 2.75) is 348 Å². The summed E-state index contributed by atoms with van der Waals surface area (Å²) in [4.78, 5) is 5.51. The van der Waals surface area contributed by atoms with Crippen LogP contribution in [0.5, 0.6) is 0 Å². The first-order valence-electron chi connectivity index (χ1n) is 29.0. The van der Waals surface area contributed by atoms with Crippen LogP contribution in [0.15, 0.2) is 12.4 Å². The molecule has 0 N–H and O–H groups in total. The fourth-order valence-corrected chi connectivity index (χ4v) is 10.1. The van der Waals surface area contributed by atoms with Crippen molar-refractivity contribution in [2.75, 3.05) is 13.1 Å². The molecule has 0 radical (unpaired) electrons. The summed E-state index contributed by atoms with van der Waals surface area (Å²) in [6.45, 7) is 9.50. The van der Waals surface area contributed by atoms with E-state index in [4.69, 9.17) is 0 Å². The van der Waals surface area contributed by atoms with Gasteiger partial charge in [-0.25, -0.2) is 0 Å². The minimum absolute atomic E-state index is 0.633. The van der Waals surface area contributed by atoms with Gasteiger partial charge in [0.05, 0.1) is 0 Å². The van der Waals surface area contributed by atoms with Crippen molar-refractivity contribution in [1.82, 2.24) is 9.80 Å². The maximum absolute atomic E-state index is 2.75. The van der Waals surface area contributed by atoms with Gasteiger partial charge in [0.1, 0.15) is 6.17 Å². The predicted molar refractivity (Wildman–Crippen MR) is 274 cm³/mol. The number of nitrogens with zero attached hydrogens (tertiary/aromatic N) is 2. The molecule has 0 bridgehead atoms. The van der Waals surface area contributed by atoms with E-state index in [-0.39, 0.29) is 0 Å². The van der Waals surface area contributed by atoms with Gasteiger partial charge in [-0.1, -0.05) is 316 Å². The third-order valence-corrected chi connectivity index (χ3v) is 14.3. The van der Waals surface area contributed by atoms with E-state index in [2.05, 4.69) is 43.0 Å². The summed E-state index contributed by atoms with van der Waals surface area (Å²) < 4.78 is 0. The molecular weight excluding hydrogens is 725 g/mol. The molecule has 0 amide bonds. The van der Waals surface area contributed by atoms with Crippen molar-refractivity contribution in [1.29, 1.82) is 0 Å². The van der Waals surface area contributed by atoms with Gasteiger partial charge in [0, 0.05) is 25.5 Å². The fraction of sp³-hybridized carbons (Fsp3) is 0.966. The molecule has 0 fully saturated rings. The van der Waals surface area contributed by atoms with Gasteiger partial charge in [0.15, 0.2) is 0 Å². The SMILES string of the molecule is CCCCCCCCCCCCCCCCCCCN1C=CN(CCCCCCCCCCCCCCCCCC)C1CCCCCCCCCCCCCCCCCC. The first-order chi connectivity index (χ1) is 29.8. The van der Waals surface area contributed by atoms with Crippen LogP contribution in [0.25, 0.3) is 0 Å². The van der Waals surface area contributed by atoms with Crippen molar-refractivity contribution in [3.63, 3.8) is 0 Å². The smallest absolute Gasteiger partial charge is 0.101 e. The van der Waals surface area contributed by atoms with Gasteiger partial charge < -0.3 is 9.80 Å². The van der Waals surface area contributed by atoms with Crippen LogP contribution >= 0.6 is 0 Å². The summed E-state index contributed by atoms with van der Waals surface area (Å²) in [7, 11) is 0. The summed E-state index contributed by atoms with van der Waals surface area (Å²) in [5, 5.41) is 0. The maximum Gasteiger partial charge on any atom is 0.101 e. The van der Waals surface area contributed by atoms with Gasteiger partial charge in [-0.2, -0.15) is 0 Å². The molecule has 358 valence electrons. The quantitative estimate of drug-likeness (QED) is 0.0563. The molecule has 0 saturated carbocycles. The van der Waals surface area contributed by atoms with Crippen LogP contribution in [-0.4, -0.2) is 29.1 Å². The van der Waals surface area contributed by atoms with Crippen LogP contribution in [-0.2, 0) is 0 Å². The number of hydrogen-bond acceptors (Lipinski definition) is 2. The molecule has 2 heteroatoms. The highest BCUT2D eigenvalue weighted by Crippen LogP contribution is 2.25. The van der Waals surface area contributed by atoms with Crippen LogP contribution in [0, 0.1) is 0 Å². The number of unbranched alkanes of at least 4 members (excludes halogenated alkanes) is 46. The number of hydrogen-bond donors (Lipinski definition) is 0. The molecule has 1 unspecified atom stereocenters. The Morgan fingerprint density at radius 3 is 0.583 bits per heavy atom. The normalized spacial score (nSPS) is 14.1. The van der Waals surface area contributed by atoms with Crippen LogP contribution in [0.4, 0.5) is 0 Å². The van der Waals surface area contributed by atoms with Crippen LogP contribution in [0.2, 0.25) is 0 Å². The van der Waals surface area contributed by atoms with Crippen LogP contribution in [0.1, 0.15) is 342 Å². The highest BCUT2D eigenvalue weighted by atomic mass is 15.4. The van der Waals surface area contributed by atoms with E-state index >= 15 is 0 Å². The van der Waals surface area contributed by atoms with Gasteiger partial charge in [-0.15, -0.1) is 0 Å². The molecule has 1 aliphatic rings. The van der Waals surface area contributed by atoms with Gasteiger partial charge in [-0.3, -0.25) is 0 Å². The molecule has 0 spiro atoms. The molecule has 0 saturated heterocycles. The second-order valence-corrected chi connectivity index (χ2v) is 20.3. The van der Waals surface area contributed by atoms with Gasteiger partial charge in [0.25, 0.3) is 0 Å². The lowest BCUT2D eigenvalue weighted by molar-refractivity contribution is 0.135. The van der Waals surface area contributed by atoms with Crippen LogP contribution in [0.3, 0.4) is 0 Å². The summed E-state index contributed by atoms with van der Waals surface area (Å²) in [5.74, 6) is 0. The summed E-state index contributed by atoms with van der Waals surface area (Å²) in [5.41, 5.74) is 0. The highest BCUT2D eigenvalue weighted by Gasteiger charge is 2.25. The molecular formula is C58H116N2. The molecule has 2 nitrogen and oxygen atoms in total. The minimum Gasteiger partial charge on any atom is -0.356 e. The zero-order chi connectivity index (χ0) is 42.9. The Morgan fingerprint density at radius 1 is 0.217 bits per heavy atom. The van der Waals surface area contributed by atoms with E-state index in [1.807, 2.05) is 0 Å². The summed E-state index contributed by atoms with van der Waals surface area (Å²) >= 11 is 0. The lowest BCUT2D eigenvalue weighted by atomic mass is 10.0. The van der Waals surface area contributed by atoms with Crippen molar-refractivity contribution in [3.8, 4) is 0 Å². The van der Waals surface area contributed by atoms with Crippen molar-refractivity contribution in [3.05, 3.63) is 12.4 Å². The zero-order valence-corrected chi connectivity index (χ0v) is 42.4. The Bertz CT molecular complexity index is 807. The van der Waals surface area contributed by atoms with Gasteiger partial charge >= 0.3 is 0 Å². The fourth-order valence-electron chi connectivity index (χ4n) is 10.1. The molecule has 60 heavy (non-hydrogen) atoms. The standard InChI is InChI=1S/C58H116N2/c1-4-7-10-13-16-19-22-25-28-31-34-37-40-43-46-49-52-55-60-57-56-59(54-51-48-45-42-39-36-33-30-27-24-21-18-15-12-9-6-3)58(60)53-50-47-44-41-38-35-32-29-26-23-20-17-14-11-8-5-2/h56-58H,4-55H2,1-3H3. The largest absolute Gasteiger partial charge is 0.356 e. The molecule has 0 aromatic rings. The van der Waals surface area contributed by atoms with E-state index in [1.165, 1.54) is 334 Å². The first-order valence-corrected chi connectivity index (χ1v) is 29.0.